The molecule has 170 valence electrons. The SMILES string of the molecule is COC(=O)[C@H](Cc1ccc(OCc2ccccc2)c(C=O)c1)NC(=O)OCc1ccccc1. The number of hydrogen-bond acceptors (Lipinski definition) is 6. The summed E-state index contributed by atoms with van der Waals surface area (Å²) in [6, 6.07) is 22.8. The third-order valence-corrected chi connectivity index (χ3v) is 4.87. The molecule has 0 aromatic heterocycles. The maximum atomic E-state index is 12.2. The fourth-order valence-electron chi connectivity index (χ4n) is 3.16. The Hall–Kier alpha value is -4.13. The number of hydrogen-bond donors (Lipinski definition) is 1. The molecule has 7 heteroatoms. The highest BCUT2D eigenvalue weighted by Crippen LogP contribution is 2.21. The molecular formula is C26H25NO6. The van der Waals surface area contributed by atoms with Gasteiger partial charge in [0.25, 0.3) is 0 Å². The molecule has 0 saturated carbocycles. The molecule has 0 radical (unpaired) electrons. The van der Waals surface area contributed by atoms with E-state index in [-0.39, 0.29) is 13.0 Å². The van der Waals surface area contributed by atoms with E-state index in [0.717, 1.165) is 11.1 Å². The van der Waals surface area contributed by atoms with Gasteiger partial charge in [0.2, 0.25) is 0 Å². The number of rotatable bonds is 10. The van der Waals surface area contributed by atoms with Crippen molar-refractivity contribution < 1.29 is 28.6 Å². The first-order valence-electron chi connectivity index (χ1n) is 10.4. The molecule has 3 rings (SSSR count). The van der Waals surface area contributed by atoms with E-state index in [1.54, 1.807) is 18.2 Å². The van der Waals surface area contributed by atoms with Gasteiger partial charge in [-0.05, 0) is 28.8 Å². The number of benzene rings is 3. The van der Waals surface area contributed by atoms with Gasteiger partial charge in [0.15, 0.2) is 6.29 Å². The Labute approximate surface area is 192 Å². The maximum Gasteiger partial charge on any atom is 0.408 e. The van der Waals surface area contributed by atoms with Gasteiger partial charge < -0.3 is 19.5 Å². The highest BCUT2D eigenvalue weighted by molar-refractivity contribution is 5.82. The lowest BCUT2D eigenvalue weighted by molar-refractivity contribution is -0.143. The van der Waals surface area contributed by atoms with Crippen molar-refractivity contribution in [2.24, 2.45) is 0 Å². The smallest absolute Gasteiger partial charge is 0.408 e. The Morgan fingerprint density at radius 1 is 0.879 bits per heavy atom. The van der Waals surface area contributed by atoms with E-state index in [1.165, 1.54) is 7.11 Å². The molecule has 0 unspecified atom stereocenters. The molecule has 0 spiro atoms. The molecular weight excluding hydrogens is 422 g/mol. The zero-order valence-corrected chi connectivity index (χ0v) is 18.2. The fraction of sp³-hybridized carbons (Fsp3) is 0.192. The van der Waals surface area contributed by atoms with Crippen molar-refractivity contribution in [3.05, 3.63) is 101 Å². The van der Waals surface area contributed by atoms with Crippen LogP contribution >= 0.6 is 0 Å². The zero-order valence-electron chi connectivity index (χ0n) is 18.2. The molecule has 0 saturated heterocycles. The number of carbonyl (C=O) groups is 3. The van der Waals surface area contributed by atoms with Crippen LogP contribution in [0.2, 0.25) is 0 Å². The maximum absolute atomic E-state index is 12.2. The molecule has 0 heterocycles. The Kier molecular flexibility index (Phi) is 8.59. The van der Waals surface area contributed by atoms with Gasteiger partial charge in [-0.25, -0.2) is 9.59 Å². The fourth-order valence-corrected chi connectivity index (χ4v) is 3.16. The van der Waals surface area contributed by atoms with E-state index in [4.69, 9.17) is 14.2 Å². The van der Waals surface area contributed by atoms with Gasteiger partial charge >= 0.3 is 12.1 Å². The summed E-state index contributed by atoms with van der Waals surface area (Å²) in [6.07, 6.45) is 0.0681. The number of carbonyl (C=O) groups excluding carboxylic acids is 3. The molecule has 1 amide bonds. The summed E-state index contributed by atoms with van der Waals surface area (Å²) in [6.45, 7) is 0.393. The highest BCUT2D eigenvalue weighted by atomic mass is 16.6. The Bertz CT molecular complexity index is 1070. The molecule has 0 aliphatic heterocycles. The lowest BCUT2D eigenvalue weighted by Crippen LogP contribution is -2.43. The molecule has 0 aliphatic carbocycles. The molecule has 0 fully saturated rings. The van der Waals surface area contributed by atoms with Crippen LogP contribution in [0.15, 0.2) is 78.9 Å². The predicted molar refractivity (Wildman–Crippen MR) is 122 cm³/mol. The first kappa shape index (κ1) is 23.5. The largest absolute Gasteiger partial charge is 0.488 e. The van der Waals surface area contributed by atoms with Crippen molar-refractivity contribution >= 4 is 18.3 Å². The van der Waals surface area contributed by atoms with E-state index in [0.29, 0.717) is 29.8 Å². The van der Waals surface area contributed by atoms with E-state index in [9.17, 15) is 14.4 Å². The summed E-state index contributed by atoms with van der Waals surface area (Å²) < 4.78 is 15.8. The molecule has 0 aliphatic rings. The second-order valence-electron chi connectivity index (χ2n) is 7.25. The zero-order chi connectivity index (χ0) is 23.5. The van der Waals surface area contributed by atoms with E-state index in [1.807, 2.05) is 60.7 Å². The van der Waals surface area contributed by atoms with E-state index < -0.39 is 18.1 Å². The number of ether oxygens (including phenoxy) is 3. The molecule has 33 heavy (non-hydrogen) atoms. The Balaban J connectivity index is 1.63. The lowest BCUT2D eigenvalue weighted by Gasteiger charge is -2.17. The summed E-state index contributed by atoms with van der Waals surface area (Å²) in [5.74, 6) is -0.189. The van der Waals surface area contributed by atoms with Crippen LogP contribution < -0.4 is 10.1 Å². The average molecular weight is 447 g/mol. The summed E-state index contributed by atoms with van der Waals surface area (Å²) in [7, 11) is 1.24. The van der Waals surface area contributed by atoms with Crippen LogP contribution in [0.5, 0.6) is 5.75 Å². The number of methoxy groups -OCH3 is 1. The summed E-state index contributed by atoms with van der Waals surface area (Å²) in [5.41, 5.74) is 2.80. The highest BCUT2D eigenvalue weighted by Gasteiger charge is 2.23. The van der Waals surface area contributed by atoms with Crippen LogP contribution in [0.3, 0.4) is 0 Å². The normalized spacial score (nSPS) is 11.2. The van der Waals surface area contributed by atoms with Crippen LogP contribution in [0.1, 0.15) is 27.0 Å². The van der Waals surface area contributed by atoms with Crippen molar-refractivity contribution in [3.8, 4) is 5.75 Å². The Morgan fingerprint density at radius 2 is 1.52 bits per heavy atom. The first-order chi connectivity index (χ1) is 16.1. The van der Waals surface area contributed by atoms with Crippen molar-refractivity contribution in [1.82, 2.24) is 5.32 Å². The topological polar surface area (TPSA) is 90.9 Å². The molecule has 1 N–H and O–H groups in total. The third-order valence-electron chi connectivity index (χ3n) is 4.87. The summed E-state index contributed by atoms with van der Waals surface area (Å²) in [4.78, 5) is 36.0. The molecule has 3 aromatic carbocycles. The van der Waals surface area contributed by atoms with Crippen molar-refractivity contribution in [1.29, 1.82) is 0 Å². The van der Waals surface area contributed by atoms with Gasteiger partial charge in [-0.2, -0.15) is 0 Å². The first-order valence-corrected chi connectivity index (χ1v) is 10.4. The van der Waals surface area contributed by atoms with Crippen LogP contribution in [0.25, 0.3) is 0 Å². The minimum Gasteiger partial charge on any atom is -0.488 e. The number of esters is 1. The van der Waals surface area contributed by atoms with Crippen molar-refractivity contribution in [2.75, 3.05) is 7.11 Å². The molecule has 3 aromatic rings. The van der Waals surface area contributed by atoms with Gasteiger partial charge in [0.05, 0.1) is 12.7 Å². The van der Waals surface area contributed by atoms with Crippen LogP contribution in [0.4, 0.5) is 4.79 Å². The standard InChI is InChI=1S/C26H25NO6/c1-31-25(29)23(27-26(30)33-18-20-10-6-3-7-11-20)15-21-12-13-24(22(14-21)16-28)32-17-19-8-4-2-5-9-19/h2-14,16,23H,15,17-18H2,1H3,(H,27,30)/t23-/m0/s1. The number of aldehydes is 1. The van der Waals surface area contributed by atoms with Gasteiger partial charge in [-0.1, -0.05) is 66.7 Å². The number of nitrogens with one attached hydrogen (secondary N) is 1. The van der Waals surface area contributed by atoms with Gasteiger partial charge in [-0.3, -0.25) is 4.79 Å². The molecule has 0 bridgehead atoms. The summed E-state index contributed by atoms with van der Waals surface area (Å²) in [5, 5.41) is 2.53. The second-order valence-corrected chi connectivity index (χ2v) is 7.25. The van der Waals surface area contributed by atoms with Gasteiger partial charge in [0.1, 0.15) is 25.0 Å². The van der Waals surface area contributed by atoms with Gasteiger partial charge in [-0.15, -0.1) is 0 Å². The third kappa shape index (κ3) is 7.21. The quantitative estimate of drug-likeness (QED) is 0.372. The average Bonchev–Trinajstić information content (AvgIpc) is 2.87. The lowest BCUT2D eigenvalue weighted by atomic mass is 10.0. The van der Waals surface area contributed by atoms with Gasteiger partial charge in [0, 0.05) is 6.42 Å². The molecule has 7 nitrogen and oxygen atoms in total. The van der Waals surface area contributed by atoms with Crippen LogP contribution in [-0.4, -0.2) is 31.5 Å². The van der Waals surface area contributed by atoms with Crippen LogP contribution in [-0.2, 0) is 33.9 Å². The molecule has 1 atom stereocenters. The minimum absolute atomic E-state index is 0.0727. The van der Waals surface area contributed by atoms with E-state index >= 15 is 0 Å². The predicted octanol–water partition coefficient (Wildman–Crippen LogP) is 4.09. The number of alkyl carbamates (subject to hydrolysis) is 1. The summed E-state index contributed by atoms with van der Waals surface area (Å²) >= 11 is 0. The minimum atomic E-state index is -0.978. The monoisotopic (exact) mass is 447 g/mol. The second kappa shape index (κ2) is 12.0. The van der Waals surface area contributed by atoms with Crippen LogP contribution in [0, 0.1) is 0 Å². The van der Waals surface area contributed by atoms with E-state index in [2.05, 4.69) is 5.32 Å². The van der Waals surface area contributed by atoms with Crippen molar-refractivity contribution in [3.63, 3.8) is 0 Å². The van der Waals surface area contributed by atoms with Crippen molar-refractivity contribution in [2.45, 2.75) is 25.7 Å². The Morgan fingerprint density at radius 3 is 2.12 bits per heavy atom. The number of amides is 1.